The summed E-state index contributed by atoms with van der Waals surface area (Å²) in [6.45, 7) is 4.77. The monoisotopic (exact) mass is 447 g/mol. The van der Waals surface area contributed by atoms with Gasteiger partial charge in [0, 0.05) is 37.3 Å². The number of ether oxygens (including phenoxy) is 2. The lowest BCUT2D eigenvalue weighted by Crippen LogP contribution is -2.47. The third kappa shape index (κ3) is 4.72. The van der Waals surface area contributed by atoms with Gasteiger partial charge in [-0.1, -0.05) is 6.07 Å². The molecule has 1 atom stereocenters. The van der Waals surface area contributed by atoms with E-state index >= 15 is 0 Å². The Hall–Kier alpha value is -3.36. The summed E-state index contributed by atoms with van der Waals surface area (Å²) in [7, 11) is 3.78. The van der Waals surface area contributed by atoms with Gasteiger partial charge in [0.25, 0.3) is 0 Å². The maximum Gasteiger partial charge on any atom is 0.238 e. The van der Waals surface area contributed by atoms with Crippen LogP contribution in [0.15, 0.2) is 48.5 Å². The lowest BCUT2D eigenvalue weighted by atomic mass is 10.1. The number of fused-ring (bicyclic) bond motifs is 2. The van der Waals surface area contributed by atoms with E-state index in [-0.39, 0.29) is 11.9 Å². The van der Waals surface area contributed by atoms with Crippen molar-refractivity contribution >= 4 is 28.3 Å². The molecule has 2 N–H and O–H groups in total. The molecular formula is C25H29N5O3. The van der Waals surface area contributed by atoms with Crippen LogP contribution in [0, 0.1) is 0 Å². The highest BCUT2D eigenvalue weighted by molar-refractivity contribution is 5.95. The summed E-state index contributed by atoms with van der Waals surface area (Å²) in [6, 6.07) is 15.5. The van der Waals surface area contributed by atoms with Crippen LogP contribution in [0.2, 0.25) is 0 Å². The molecule has 33 heavy (non-hydrogen) atoms. The van der Waals surface area contributed by atoms with Gasteiger partial charge in [-0.3, -0.25) is 9.69 Å². The smallest absolute Gasteiger partial charge is 0.238 e. The molecule has 1 aromatic heterocycles. The van der Waals surface area contributed by atoms with Gasteiger partial charge in [0.15, 0.2) is 0 Å². The van der Waals surface area contributed by atoms with E-state index in [4.69, 9.17) is 14.5 Å². The number of aromatic nitrogens is 1. The van der Waals surface area contributed by atoms with Crippen LogP contribution >= 0.6 is 0 Å². The topological polar surface area (TPSA) is 79.0 Å². The molecular weight excluding hydrogens is 418 g/mol. The number of benzene rings is 2. The number of carbonyl (C=O) groups is 1. The van der Waals surface area contributed by atoms with Crippen molar-refractivity contribution in [3.05, 3.63) is 54.1 Å². The maximum absolute atomic E-state index is 12.5. The average molecular weight is 448 g/mol. The minimum absolute atomic E-state index is 0.0130. The number of rotatable bonds is 6. The fraction of sp³-hybridized carbons (Fsp3) is 0.360. The molecule has 5 rings (SSSR count). The lowest BCUT2D eigenvalue weighted by Gasteiger charge is -2.31. The van der Waals surface area contributed by atoms with Crippen molar-refractivity contribution in [1.82, 2.24) is 14.8 Å². The Balaban J connectivity index is 1.25. The minimum atomic E-state index is -0.0331. The van der Waals surface area contributed by atoms with Crippen LogP contribution in [0.3, 0.4) is 0 Å². The third-order valence-electron chi connectivity index (χ3n) is 6.26. The first-order valence-electron chi connectivity index (χ1n) is 11.3. The molecule has 0 spiro atoms. The minimum Gasteiger partial charge on any atom is -0.496 e. The summed E-state index contributed by atoms with van der Waals surface area (Å²) in [4.78, 5) is 21.7. The van der Waals surface area contributed by atoms with Crippen molar-refractivity contribution in [2.75, 3.05) is 64.1 Å². The Morgan fingerprint density at radius 3 is 2.82 bits per heavy atom. The van der Waals surface area contributed by atoms with Gasteiger partial charge in [-0.05, 0) is 49.5 Å². The summed E-state index contributed by atoms with van der Waals surface area (Å²) >= 11 is 0. The van der Waals surface area contributed by atoms with Crippen molar-refractivity contribution in [3.63, 3.8) is 0 Å². The molecule has 3 aromatic rings. The summed E-state index contributed by atoms with van der Waals surface area (Å²) < 4.78 is 11.3. The highest BCUT2D eigenvalue weighted by Gasteiger charge is 2.28. The van der Waals surface area contributed by atoms with Crippen LogP contribution in [0.5, 0.6) is 11.5 Å². The number of pyridine rings is 1. The number of nitrogens with zero attached hydrogens (tertiary/aromatic N) is 3. The Labute approximate surface area is 193 Å². The molecule has 2 aliphatic rings. The number of hydrogen-bond acceptors (Lipinski definition) is 7. The molecule has 0 saturated carbocycles. The molecule has 2 aromatic carbocycles. The molecule has 0 aliphatic carbocycles. The second-order valence-corrected chi connectivity index (χ2v) is 8.61. The second-order valence-electron chi connectivity index (χ2n) is 8.61. The first kappa shape index (κ1) is 21.5. The predicted molar refractivity (Wildman–Crippen MR) is 129 cm³/mol. The number of carbonyl (C=O) groups excluding carboxylic acids is 1. The van der Waals surface area contributed by atoms with Crippen LogP contribution in [0.4, 0.5) is 11.5 Å². The SMILES string of the molecule is COc1cccc2c1[C@H](Nc1ccc3cc(NC(=O)CN4CCN(C)CC4)ccc3n1)CO2. The maximum atomic E-state index is 12.5. The largest absolute Gasteiger partial charge is 0.496 e. The van der Waals surface area contributed by atoms with Crippen LogP contribution in [0.1, 0.15) is 11.6 Å². The van der Waals surface area contributed by atoms with E-state index in [2.05, 4.69) is 27.5 Å². The van der Waals surface area contributed by atoms with Gasteiger partial charge < -0.3 is 25.0 Å². The van der Waals surface area contributed by atoms with Gasteiger partial charge in [-0.2, -0.15) is 0 Å². The zero-order valence-electron chi connectivity index (χ0n) is 19.0. The van der Waals surface area contributed by atoms with Gasteiger partial charge in [-0.25, -0.2) is 4.98 Å². The zero-order chi connectivity index (χ0) is 22.8. The van der Waals surface area contributed by atoms with Gasteiger partial charge in [-0.15, -0.1) is 0 Å². The van der Waals surface area contributed by atoms with Crippen molar-refractivity contribution in [2.45, 2.75) is 6.04 Å². The molecule has 0 unspecified atom stereocenters. The quantitative estimate of drug-likeness (QED) is 0.601. The molecule has 172 valence electrons. The fourth-order valence-corrected chi connectivity index (χ4v) is 4.41. The summed E-state index contributed by atoms with van der Waals surface area (Å²) in [5, 5.41) is 7.46. The van der Waals surface area contributed by atoms with Crippen molar-refractivity contribution < 1.29 is 14.3 Å². The molecule has 1 fully saturated rings. The van der Waals surface area contributed by atoms with Crippen LogP contribution in [0.25, 0.3) is 10.9 Å². The molecule has 0 bridgehead atoms. The van der Waals surface area contributed by atoms with Gasteiger partial charge in [0.2, 0.25) is 5.91 Å². The molecule has 3 heterocycles. The van der Waals surface area contributed by atoms with E-state index in [0.29, 0.717) is 13.2 Å². The number of nitrogens with one attached hydrogen (secondary N) is 2. The number of hydrogen-bond donors (Lipinski definition) is 2. The average Bonchev–Trinajstić information content (AvgIpc) is 3.23. The van der Waals surface area contributed by atoms with E-state index in [1.54, 1.807) is 7.11 Å². The van der Waals surface area contributed by atoms with Crippen molar-refractivity contribution in [1.29, 1.82) is 0 Å². The number of amides is 1. The van der Waals surface area contributed by atoms with E-state index in [9.17, 15) is 4.79 Å². The van der Waals surface area contributed by atoms with Gasteiger partial charge in [0.05, 0.1) is 30.8 Å². The Morgan fingerprint density at radius 1 is 1.15 bits per heavy atom. The van der Waals surface area contributed by atoms with Gasteiger partial charge >= 0.3 is 0 Å². The van der Waals surface area contributed by atoms with E-state index in [1.807, 2.05) is 48.5 Å². The summed E-state index contributed by atoms with van der Waals surface area (Å²) in [6.07, 6.45) is 0. The van der Waals surface area contributed by atoms with E-state index < -0.39 is 0 Å². The first-order chi connectivity index (χ1) is 16.1. The number of likely N-dealkylation sites (N-methyl/N-ethyl adjacent to an activating group) is 1. The number of methoxy groups -OCH3 is 1. The molecule has 8 heteroatoms. The summed E-state index contributed by atoms with van der Waals surface area (Å²) in [5.74, 6) is 2.42. The van der Waals surface area contributed by atoms with Crippen molar-refractivity contribution in [3.8, 4) is 11.5 Å². The standard InChI is InChI=1S/C25H29N5O3/c1-29-10-12-30(13-11-29)15-24(31)26-18-7-8-19-17(14-18)6-9-23(27-19)28-20-16-33-22-5-3-4-21(32-2)25(20)22/h3-9,14,20H,10-13,15-16H2,1-2H3,(H,26,31)(H,27,28)/t20-/m1/s1. The van der Waals surface area contributed by atoms with E-state index in [1.165, 1.54) is 0 Å². The van der Waals surface area contributed by atoms with Crippen molar-refractivity contribution in [2.24, 2.45) is 0 Å². The fourth-order valence-electron chi connectivity index (χ4n) is 4.41. The summed E-state index contributed by atoms with van der Waals surface area (Å²) in [5.41, 5.74) is 2.66. The third-order valence-corrected chi connectivity index (χ3v) is 6.26. The molecule has 0 radical (unpaired) electrons. The molecule has 8 nitrogen and oxygen atoms in total. The normalized spacial score (nSPS) is 18.5. The second kappa shape index (κ2) is 9.25. The first-order valence-corrected chi connectivity index (χ1v) is 11.3. The number of piperazine rings is 1. The van der Waals surface area contributed by atoms with E-state index in [0.717, 1.165) is 65.6 Å². The van der Waals surface area contributed by atoms with Crippen LogP contribution in [-0.2, 0) is 4.79 Å². The zero-order valence-corrected chi connectivity index (χ0v) is 19.0. The molecule has 1 amide bonds. The number of anilines is 2. The van der Waals surface area contributed by atoms with Gasteiger partial charge in [0.1, 0.15) is 23.9 Å². The Kier molecular flexibility index (Phi) is 6.02. The highest BCUT2D eigenvalue weighted by atomic mass is 16.5. The van der Waals surface area contributed by atoms with Crippen LogP contribution in [-0.4, -0.2) is 74.2 Å². The Bertz CT molecular complexity index is 1160. The Morgan fingerprint density at radius 2 is 2.00 bits per heavy atom. The highest BCUT2D eigenvalue weighted by Crippen LogP contribution is 2.40. The van der Waals surface area contributed by atoms with Crippen LogP contribution < -0.4 is 20.1 Å². The lowest BCUT2D eigenvalue weighted by molar-refractivity contribution is -0.117. The molecule has 2 aliphatic heterocycles. The predicted octanol–water partition coefficient (Wildman–Crippen LogP) is 2.97. The molecule has 1 saturated heterocycles.